The maximum atomic E-state index is 12.3. The van der Waals surface area contributed by atoms with Crippen molar-refractivity contribution in [1.82, 2.24) is 4.40 Å². The van der Waals surface area contributed by atoms with Gasteiger partial charge in [0.15, 0.2) is 5.78 Å². The molecule has 20 heavy (non-hydrogen) atoms. The van der Waals surface area contributed by atoms with Gasteiger partial charge in [0.05, 0.1) is 5.52 Å². The molecule has 0 saturated heterocycles. The van der Waals surface area contributed by atoms with E-state index in [2.05, 4.69) is 0 Å². The van der Waals surface area contributed by atoms with Gasteiger partial charge < -0.3 is 0 Å². The van der Waals surface area contributed by atoms with Crippen molar-refractivity contribution in [2.75, 3.05) is 0 Å². The molecule has 2 aromatic heterocycles. The van der Waals surface area contributed by atoms with Crippen molar-refractivity contribution in [2.24, 2.45) is 0 Å². The monoisotopic (exact) mass is 263 g/mol. The average Bonchev–Trinajstić information content (AvgIpc) is 2.47. The summed E-state index contributed by atoms with van der Waals surface area (Å²) in [6.45, 7) is 0. The van der Waals surface area contributed by atoms with E-state index in [9.17, 15) is 9.59 Å². The molecule has 0 radical (unpaired) electrons. The molecule has 1 aliphatic rings. The Morgan fingerprint density at radius 1 is 1.00 bits per heavy atom. The van der Waals surface area contributed by atoms with Crippen LogP contribution in [0.5, 0.6) is 0 Å². The first-order valence-corrected chi connectivity index (χ1v) is 6.85. The Labute approximate surface area is 115 Å². The van der Waals surface area contributed by atoms with Crippen LogP contribution in [0.2, 0.25) is 0 Å². The summed E-state index contributed by atoms with van der Waals surface area (Å²) < 4.78 is 1.60. The zero-order chi connectivity index (χ0) is 13.7. The van der Waals surface area contributed by atoms with Crippen molar-refractivity contribution in [1.29, 1.82) is 0 Å². The Balaban J connectivity index is 2.32. The highest BCUT2D eigenvalue weighted by atomic mass is 16.1. The van der Waals surface area contributed by atoms with Gasteiger partial charge in [-0.3, -0.25) is 14.0 Å². The van der Waals surface area contributed by atoms with E-state index in [0.717, 1.165) is 40.3 Å². The zero-order valence-corrected chi connectivity index (χ0v) is 10.9. The van der Waals surface area contributed by atoms with Gasteiger partial charge in [-0.05, 0) is 29.9 Å². The number of pyridine rings is 2. The lowest BCUT2D eigenvalue weighted by Gasteiger charge is -2.18. The van der Waals surface area contributed by atoms with Crippen molar-refractivity contribution in [3.63, 3.8) is 0 Å². The molecule has 0 atom stereocenters. The maximum absolute atomic E-state index is 12.3. The Kier molecular flexibility index (Phi) is 2.30. The van der Waals surface area contributed by atoms with E-state index in [1.807, 2.05) is 30.3 Å². The summed E-state index contributed by atoms with van der Waals surface area (Å²) >= 11 is 0. The van der Waals surface area contributed by atoms with Gasteiger partial charge in [-0.2, -0.15) is 0 Å². The van der Waals surface area contributed by atoms with Crippen molar-refractivity contribution in [3.05, 3.63) is 64.1 Å². The van der Waals surface area contributed by atoms with Crippen LogP contribution in [0.4, 0.5) is 0 Å². The number of hydrogen-bond acceptors (Lipinski definition) is 2. The number of carbonyl (C=O) groups excluding carboxylic acids is 1. The molecule has 4 rings (SSSR count). The molecule has 3 aromatic rings. The van der Waals surface area contributed by atoms with Gasteiger partial charge in [0, 0.05) is 29.6 Å². The highest BCUT2D eigenvalue weighted by molar-refractivity contribution is 6.11. The third kappa shape index (κ3) is 1.46. The molecule has 0 amide bonds. The molecule has 0 aliphatic heterocycles. The Morgan fingerprint density at radius 2 is 1.85 bits per heavy atom. The third-order valence-electron chi connectivity index (χ3n) is 4.08. The second kappa shape index (κ2) is 4.04. The minimum Gasteiger partial charge on any atom is -0.294 e. The van der Waals surface area contributed by atoms with E-state index in [1.165, 1.54) is 0 Å². The number of Topliss-reactive ketones (excluding diaryl/α,β-unsaturated/α-hetero) is 1. The van der Waals surface area contributed by atoms with Crippen molar-refractivity contribution in [3.8, 4) is 0 Å². The number of aromatic nitrogens is 1. The first-order chi connectivity index (χ1) is 9.75. The van der Waals surface area contributed by atoms with Crippen LogP contribution < -0.4 is 5.56 Å². The minimum atomic E-state index is -0.0563. The molecule has 1 aromatic carbocycles. The van der Waals surface area contributed by atoms with Gasteiger partial charge in [0.1, 0.15) is 0 Å². The first-order valence-electron chi connectivity index (χ1n) is 6.85. The standard InChI is InChI=1S/C17H13NO2/c19-14-7-3-5-12-10-15(20)18-9-8-11-4-1-2-6-13(11)17(18)16(12)14/h1-2,4,6,8-10H,3,5,7H2. The fourth-order valence-electron chi connectivity index (χ4n) is 3.17. The summed E-state index contributed by atoms with van der Waals surface area (Å²) in [5, 5.41) is 2.03. The van der Waals surface area contributed by atoms with Crippen molar-refractivity contribution in [2.45, 2.75) is 19.3 Å². The molecule has 98 valence electrons. The molecule has 2 heterocycles. The number of hydrogen-bond donors (Lipinski definition) is 0. The van der Waals surface area contributed by atoms with Crippen molar-refractivity contribution >= 4 is 22.1 Å². The normalized spacial score (nSPS) is 14.7. The van der Waals surface area contributed by atoms with Gasteiger partial charge in [-0.25, -0.2) is 0 Å². The summed E-state index contributed by atoms with van der Waals surface area (Å²) in [5.74, 6) is 0.153. The van der Waals surface area contributed by atoms with E-state index in [4.69, 9.17) is 0 Å². The minimum absolute atomic E-state index is 0.0563. The Morgan fingerprint density at radius 3 is 2.75 bits per heavy atom. The van der Waals surface area contributed by atoms with Crippen LogP contribution in [0, 0.1) is 0 Å². The van der Waals surface area contributed by atoms with E-state index in [1.54, 1.807) is 16.7 Å². The van der Waals surface area contributed by atoms with Crippen LogP contribution in [-0.2, 0) is 6.42 Å². The Hall–Kier alpha value is -2.42. The van der Waals surface area contributed by atoms with E-state index >= 15 is 0 Å². The smallest absolute Gasteiger partial charge is 0.255 e. The van der Waals surface area contributed by atoms with Crippen molar-refractivity contribution < 1.29 is 4.79 Å². The lowest BCUT2D eigenvalue weighted by Crippen LogP contribution is -2.21. The summed E-state index contributed by atoms with van der Waals surface area (Å²) in [4.78, 5) is 24.6. The van der Waals surface area contributed by atoms with Gasteiger partial charge in [0.2, 0.25) is 0 Å². The molecule has 0 bridgehead atoms. The third-order valence-corrected chi connectivity index (χ3v) is 4.08. The SMILES string of the molecule is O=C1CCCc2cc(=O)n3ccc4ccccc4c3c21. The fraction of sp³-hybridized carbons (Fsp3) is 0.176. The predicted molar refractivity (Wildman–Crippen MR) is 78.4 cm³/mol. The van der Waals surface area contributed by atoms with E-state index in [-0.39, 0.29) is 11.3 Å². The summed E-state index contributed by atoms with van der Waals surface area (Å²) in [6.07, 6.45) is 3.99. The highest BCUT2D eigenvalue weighted by Crippen LogP contribution is 2.28. The molecule has 3 nitrogen and oxygen atoms in total. The van der Waals surface area contributed by atoms with Gasteiger partial charge in [-0.15, -0.1) is 0 Å². The topological polar surface area (TPSA) is 38.5 Å². The highest BCUT2D eigenvalue weighted by Gasteiger charge is 2.22. The largest absolute Gasteiger partial charge is 0.294 e. The number of benzene rings is 1. The second-order valence-corrected chi connectivity index (χ2v) is 5.28. The van der Waals surface area contributed by atoms with Gasteiger partial charge in [-0.1, -0.05) is 24.3 Å². The molecular weight excluding hydrogens is 250 g/mol. The average molecular weight is 263 g/mol. The van der Waals surface area contributed by atoms with Gasteiger partial charge in [0.25, 0.3) is 5.56 Å². The van der Waals surface area contributed by atoms with E-state index < -0.39 is 0 Å². The molecule has 0 spiro atoms. The Bertz CT molecular complexity index is 921. The number of nitrogens with zero attached hydrogens (tertiary/aromatic N) is 1. The molecule has 0 N–H and O–H groups in total. The number of carbonyl (C=O) groups is 1. The fourth-order valence-corrected chi connectivity index (χ4v) is 3.17. The van der Waals surface area contributed by atoms with Crippen LogP contribution in [0.1, 0.15) is 28.8 Å². The summed E-state index contributed by atoms with van der Waals surface area (Å²) in [7, 11) is 0. The summed E-state index contributed by atoms with van der Waals surface area (Å²) in [5.41, 5.74) is 2.37. The first kappa shape index (κ1) is 11.4. The van der Waals surface area contributed by atoms with Crippen LogP contribution in [0.3, 0.4) is 0 Å². The summed E-state index contributed by atoms with van der Waals surface area (Å²) in [6, 6.07) is 11.4. The maximum Gasteiger partial charge on any atom is 0.255 e. The number of fused-ring (bicyclic) bond motifs is 5. The predicted octanol–water partition coefficient (Wildman–Crippen LogP) is 2.97. The molecule has 1 aliphatic carbocycles. The van der Waals surface area contributed by atoms with E-state index in [0.29, 0.717) is 6.42 Å². The molecule has 0 unspecified atom stereocenters. The van der Waals surface area contributed by atoms with Crippen LogP contribution in [-0.4, -0.2) is 10.2 Å². The second-order valence-electron chi connectivity index (χ2n) is 5.28. The quantitative estimate of drug-likeness (QED) is 0.585. The number of ketones is 1. The number of rotatable bonds is 0. The molecular formula is C17H13NO2. The van der Waals surface area contributed by atoms with Crippen LogP contribution in [0.25, 0.3) is 16.3 Å². The van der Waals surface area contributed by atoms with Crippen LogP contribution >= 0.6 is 0 Å². The van der Waals surface area contributed by atoms with Gasteiger partial charge >= 0.3 is 0 Å². The lowest BCUT2D eigenvalue weighted by molar-refractivity contribution is 0.0974. The lowest BCUT2D eigenvalue weighted by atomic mass is 9.89. The van der Waals surface area contributed by atoms with Crippen LogP contribution in [0.15, 0.2) is 47.4 Å². The zero-order valence-electron chi connectivity index (χ0n) is 10.9. The molecule has 0 fully saturated rings. The molecule has 0 saturated carbocycles. The number of aryl methyl sites for hydroxylation is 1. The molecule has 3 heteroatoms.